The Morgan fingerprint density at radius 3 is 2.52 bits per heavy atom. The number of hydrogen-bond acceptors (Lipinski definition) is 3. The van der Waals surface area contributed by atoms with Gasteiger partial charge in [-0.25, -0.2) is 9.59 Å². The van der Waals surface area contributed by atoms with Gasteiger partial charge in [-0.05, 0) is 38.0 Å². The van der Waals surface area contributed by atoms with E-state index in [0.717, 1.165) is 19.3 Å². The highest BCUT2D eigenvalue weighted by Crippen LogP contribution is 2.23. The van der Waals surface area contributed by atoms with E-state index < -0.39 is 12.0 Å². The van der Waals surface area contributed by atoms with Crippen molar-refractivity contribution in [1.82, 2.24) is 15.5 Å². The second kappa shape index (κ2) is 9.63. The lowest BCUT2D eigenvalue weighted by molar-refractivity contribution is -0.153. The number of likely N-dealkylation sites (tertiary alicyclic amines) is 1. The van der Waals surface area contributed by atoms with Gasteiger partial charge in [-0.15, -0.1) is 0 Å². The molecule has 7 nitrogen and oxygen atoms in total. The van der Waals surface area contributed by atoms with Gasteiger partial charge < -0.3 is 20.6 Å². The number of amides is 3. The summed E-state index contributed by atoms with van der Waals surface area (Å²) < 4.78 is 0. The Hall–Kier alpha value is -1.79. The van der Waals surface area contributed by atoms with Crippen LogP contribution in [-0.2, 0) is 9.59 Å². The number of rotatable bonds is 6. The van der Waals surface area contributed by atoms with Crippen LogP contribution in [0.1, 0.15) is 64.7 Å². The molecule has 3 N–H and O–H groups in total. The number of carbonyl (C=O) groups excluding carboxylic acids is 2. The van der Waals surface area contributed by atoms with Crippen LogP contribution in [-0.4, -0.2) is 53.1 Å². The van der Waals surface area contributed by atoms with Gasteiger partial charge in [0.25, 0.3) is 0 Å². The second-order valence-electron chi connectivity index (χ2n) is 7.41. The van der Waals surface area contributed by atoms with Crippen LogP contribution in [0.4, 0.5) is 4.79 Å². The Morgan fingerprint density at radius 2 is 1.84 bits per heavy atom. The molecule has 0 aromatic rings. The van der Waals surface area contributed by atoms with Crippen LogP contribution in [0.2, 0.25) is 0 Å². The van der Waals surface area contributed by atoms with E-state index in [4.69, 9.17) is 0 Å². The zero-order valence-corrected chi connectivity index (χ0v) is 15.1. The fourth-order valence-electron chi connectivity index (χ4n) is 3.74. The van der Waals surface area contributed by atoms with Crippen LogP contribution < -0.4 is 10.6 Å². The molecule has 25 heavy (non-hydrogen) atoms. The Labute approximate surface area is 149 Å². The summed E-state index contributed by atoms with van der Waals surface area (Å²) in [5.41, 5.74) is 0. The van der Waals surface area contributed by atoms with Crippen LogP contribution in [0.15, 0.2) is 0 Å². The SMILES string of the molecule is CC1CCN(C(=O)CCCNC(=O)NC2CCCCC2)C(C(=O)O)C1. The van der Waals surface area contributed by atoms with Crippen molar-refractivity contribution < 1.29 is 19.5 Å². The largest absolute Gasteiger partial charge is 0.480 e. The Bertz CT molecular complexity index is 477. The average molecular weight is 353 g/mol. The van der Waals surface area contributed by atoms with E-state index in [1.807, 2.05) is 6.92 Å². The maximum absolute atomic E-state index is 12.3. The minimum atomic E-state index is -0.926. The molecule has 0 aromatic carbocycles. The molecule has 1 heterocycles. The molecule has 0 radical (unpaired) electrons. The lowest BCUT2D eigenvalue weighted by atomic mass is 9.92. The quantitative estimate of drug-likeness (QED) is 0.637. The minimum Gasteiger partial charge on any atom is -0.480 e. The highest BCUT2D eigenvalue weighted by molar-refractivity contribution is 5.84. The lowest BCUT2D eigenvalue weighted by Crippen LogP contribution is -2.50. The van der Waals surface area contributed by atoms with Crippen molar-refractivity contribution in [3.8, 4) is 0 Å². The normalized spacial score (nSPS) is 24.6. The topological polar surface area (TPSA) is 98.7 Å². The molecule has 2 atom stereocenters. The van der Waals surface area contributed by atoms with Crippen molar-refractivity contribution in [2.24, 2.45) is 5.92 Å². The van der Waals surface area contributed by atoms with Gasteiger partial charge in [-0.3, -0.25) is 4.79 Å². The number of carbonyl (C=O) groups is 3. The first kappa shape index (κ1) is 19.5. The number of carboxylic acids is 1. The van der Waals surface area contributed by atoms with Crippen molar-refractivity contribution >= 4 is 17.9 Å². The first-order valence-corrected chi connectivity index (χ1v) is 9.54. The summed E-state index contributed by atoms with van der Waals surface area (Å²) in [6, 6.07) is -0.615. The fraction of sp³-hybridized carbons (Fsp3) is 0.833. The number of nitrogens with one attached hydrogen (secondary N) is 2. The first-order valence-electron chi connectivity index (χ1n) is 9.54. The Balaban J connectivity index is 1.65. The van der Waals surface area contributed by atoms with Crippen LogP contribution >= 0.6 is 0 Å². The van der Waals surface area contributed by atoms with Gasteiger partial charge in [0.2, 0.25) is 5.91 Å². The third kappa shape index (κ3) is 6.21. The maximum Gasteiger partial charge on any atom is 0.326 e. The lowest BCUT2D eigenvalue weighted by Gasteiger charge is -2.36. The molecule has 1 saturated carbocycles. The predicted octanol–water partition coefficient (Wildman–Crippen LogP) is 2.11. The van der Waals surface area contributed by atoms with Crippen molar-refractivity contribution in [3.05, 3.63) is 0 Å². The average Bonchev–Trinajstić information content (AvgIpc) is 2.59. The summed E-state index contributed by atoms with van der Waals surface area (Å²) in [6.07, 6.45) is 7.80. The van der Waals surface area contributed by atoms with Crippen LogP contribution in [0.25, 0.3) is 0 Å². The molecule has 0 aromatic heterocycles. The van der Waals surface area contributed by atoms with Gasteiger partial charge in [-0.2, -0.15) is 0 Å². The van der Waals surface area contributed by atoms with Gasteiger partial charge in [0.1, 0.15) is 6.04 Å². The van der Waals surface area contributed by atoms with Gasteiger partial charge in [0, 0.05) is 25.6 Å². The van der Waals surface area contributed by atoms with Gasteiger partial charge >= 0.3 is 12.0 Å². The summed E-state index contributed by atoms with van der Waals surface area (Å²) >= 11 is 0. The summed E-state index contributed by atoms with van der Waals surface area (Å²) in [5, 5.41) is 15.1. The highest BCUT2D eigenvalue weighted by atomic mass is 16.4. The molecule has 2 fully saturated rings. The molecule has 142 valence electrons. The molecule has 1 saturated heterocycles. The zero-order valence-electron chi connectivity index (χ0n) is 15.1. The van der Waals surface area contributed by atoms with Crippen molar-refractivity contribution in [3.63, 3.8) is 0 Å². The van der Waals surface area contributed by atoms with E-state index in [0.29, 0.717) is 31.8 Å². The van der Waals surface area contributed by atoms with Gasteiger partial charge in [0.15, 0.2) is 0 Å². The van der Waals surface area contributed by atoms with E-state index >= 15 is 0 Å². The standard InChI is InChI=1S/C18H31N3O4/c1-13-9-11-21(15(12-13)17(23)24)16(22)8-5-10-19-18(25)20-14-6-3-2-4-7-14/h13-15H,2-12H2,1H3,(H,23,24)(H2,19,20,25). The third-order valence-corrected chi connectivity index (χ3v) is 5.26. The molecular formula is C18H31N3O4. The molecule has 2 aliphatic rings. The number of urea groups is 1. The van der Waals surface area contributed by atoms with Crippen LogP contribution in [0.3, 0.4) is 0 Å². The molecule has 2 rings (SSSR count). The molecule has 7 heteroatoms. The maximum atomic E-state index is 12.3. The zero-order chi connectivity index (χ0) is 18.2. The highest BCUT2D eigenvalue weighted by Gasteiger charge is 2.34. The second-order valence-corrected chi connectivity index (χ2v) is 7.41. The predicted molar refractivity (Wildman–Crippen MR) is 94.2 cm³/mol. The Kier molecular flexibility index (Phi) is 7.52. The van der Waals surface area contributed by atoms with Crippen LogP contribution in [0.5, 0.6) is 0 Å². The number of aliphatic carboxylic acids is 1. The number of piperidine rings is 1. The van der Waals surface area contributed by atoms with E-state index in [-0.39, 0.29) is 24.4 Å². The van der Waals surface area contributed by atoms with E-state index in [1.165, 1.54) is 24.2 Å². The van der Waals surface area contributed by atoms with Crippen molar-refractivity contribution in [1.29, 1.82) is 0 Å². The molecule has 1 aliphatic carbocycles. The van der Waals surface area contributed by atoms with E-state index in [2.05, 4.69) is 10.6 Å². The molecule has 0 bridgehead atoms. The first-order chi connectivity index (χ1) is 12.0. The van der Waals surface area contributed by atoms with E-state index in [1.54, 1.807) is 0 Å². The van der Waals surface area contributed by atoms with Gasteiger partial charge in [-0.1, -0.05) is 26.2 Å². The summed E-state index contributed by atoms with van der Waals surface area (Å²) in [5.74, 6) is -0.728. The smallest absolute Gasteiger partial charge is 0.326 e. The molecule has 0 spiro atoms. The number of hydrogen-bond donors (Lipinski definition) is 3. The van der Waals surface area contributed by atoms with E-state index in [9.17, 15) is 19.5 Å². The summed E-state index contributed by atoms with van der Waals surface area (Å²) in [7, 11) is 0. The molecular weight excluding hydrogens is 322 g/mol. The fourth-order valence-corrected chi connectivity index (χ4v) is 3.74. The number of carboxylic acid groups (broad SMARTS) is 1. The molecule has 2 unspecified atom stereocenters. The van der Waals surface area contributed by atoms with Crippen LogP contribution in [0, 0.1) is 5.92 Å². The summed E-state index contributed by atoms with van der Waals surface area (Å²) in [6.45, 7) is 2.95. The van der Waals surface area contributed by atoms with Crippen molar-refractivity contribution in [2.75, 3.05) is 13.1 Å². The van der Waals surface area contributed by atoms with Crippen molar-refractivity contribution in [2.45, 2.75) is 76.8 Å². The minimum absolute atomic E-state index is 0.131. The Morgan fingerprint density at radius 1 is 1.12 bits per heavy atom. The number of nitrogens with zero attached hydrogens (tertiary/aromatic N) is 1. The molecule has 1 aliphatic heterocycles. The monoisotopic (exact) mass is 353 g/mol. The summed E-state index contributed by atoms with van der Waals surface area (Å²) in [4.78, 5) is 37.0. The third-order valence-electron chi connectivity index (χ3n) is 5.26. The molecule has 3 amide bonds. The van der Waals surface area contributed by atoms with Gasteiger partial charge in [0.05, 0.1) is 0 Å².